The van der Waals surface area contributed by atoms with Crippen LogP contribution < -0.4 is 9.47 Å². The zero-order valence-corrected chi connectivity index (χ0v) is 41.1. The Morgan fingerprint density at radius 3 is 0.937 bits per heavy atom. The fraction of sp³-hybridized carbons (Fsp3) is 0.390. The van der Waals surface area contributed by atoms with E-state index in [2.05, 4.69) is 196 Å². The maximum atomic E-state index is 12.1. The van der Waals surface area contributed by atoms with E-state index in [1.165, 1.54) is 22.3 Å². The summed E-state index contributed by atoms with van der Waals surface area (Å²) in [5, 5.41) is 24.2. The lowest BCUT2D eigenvalue weighted by molar-refractivity contribution is 0.248. The molecule has 6 rings (SSSR count). The molecular weight excluding hydrogens is 773 g/mol. The van der Waals surface area contributed by atoms with Crippen LogP contribution in [-0.4, -0.2) is 23.4 Å². The lowest BCUT2D eigenvalue weighted by Gasteiger charge is -2.26. The molecule has 6 aromatic carbocycles. The molecule has 0 spiro atoms. The minimum atomic E-state index is -0.0532. The standard InChI is InChI=1S/C59H72O4/c1-36-18-20-52(48(24-36)50-28-38(3)26-46(54(50)60)40-30-42(56(5,6)7)34-43(31-40)57(8,9)10)62-22-17-23-63-53-21-19-37(2)25-49(53)51-29-39(4)27-47(55(51)61)41-32-44(58(11,12)13)35-45(33-41)59(14,15)16/h18-21,24-35,60-61H,17,22-23H2,1-16H3. The summed E-state index contributed by atoms with van der Waals surface area (Å²) in [7, 11) is 0. The van der Waals surface area contributed by atoms with Crippen LogP contribution in [0.1, 0.15) is 134 Å². The molecule has 0 amide bonds. The second kappa shape index (κ2) is 17.6. The van der Waals surface area contributed by atoms with E-state index < -0.39 is 0 Å². The number of phenolic OH excluding ortho intramolecular Hbond substituents is 2. The number of hydrogen-bond acceptors (Lipinski definition) is 4. The van der Waals surface area contributed by atoms with Crippen molar-refractivity contribution in [1.82, 2.24) is 0 Å². The summed E-state index contributed by atoms with van der Waals surface area (Å²) in [4.78, 5) is 0. The maximum absolute atomic E-state index is 12.1. The fourth-order valence-corrected chi connectivity index (χ4v) is 8.09. The van der Waals surface area contributed by atoms with Crippen molar-refractivity contribution in [1.29, 1.82) is 0 Å². The van der Waals surface area contributed by atoms with Crippen molar-refractivity contribution in [2.75, 3.05) is 13.2 Å². The van der Waals surface area contributed by atoms with Gasteiger partial charge in [0.2, 0.25) is 0 Å². The quantitative estimate of drug-likeness (QED) is 0.135. The Bertz CT molecular complexity index is 2390. The second-order valence-corrected chi connectivity index (χ2v) is 22.1. The second-order valence-electron chi connectivity index (χ2n) is 22.1. The van der Waals surface area contributed by atoms with E-state index in [4.69, 9.17) is 9.47 Å². The molecule has 332 valence electrons. The molecule has 4 heteroatoms. The van der Waals surface area contributed by atoms with Crippen molar-refractivity contribution in [2.24, 2.45) is 0 Å². The molecule has 0 aliphatic rings. The van der Waals surface area contributed by atoms with E-state index in [1.807, 2.05) is 12.1 Å². The van der Waals surface area contributed by atoms with Gasteiger partial charge in [0.05, 0.1) is 13.2 Å². The largest absolute Gasteiger partial charge is 0.507 e. The molecule has 0 heterocycles. The van der Waals surface area contributed by atoms with Gasteiger partial charge in [-0.3, -0.25) is 0 Å². The molecular formula is C59H72O4. The van der Waals surface area contributed by atoms with E-state index in [0.717, 1.165) is 66.8 Å². The number of ether oxygens (including phenoxy) is 2. The van der Waals surface area contributed by atoms with Gasteiger partial charge < -0.3 is 19.7 Å². The Morgan fingerprint density at radius 1 is 0.349 bits per heavy atom. The van der Waals surface area contributed by atoms with Crippen molar-refractivity contribution < 1.29 is 19.7 Å². The van der Waals surface area contributed by atoms with Crippen LogP contribution in [0.5, 0.6) is 23.0 Å². The molecule has 2 N–H and O–H groups in total. The summed E-state index contributed by atoms with van der Waals surface area (Å²) in [6.45, 7) is 36.0. The highest BCUT2D eigenvalue weighted by molar-refractivity contribution is 5.87. The number of rotatable bonds is 10. The Labute approximate surface area is 379 Å². The predicted octanol–water partition coefficient (Wildman–Crippen LogP) is 16.0. The third-order valence-corrected chi connectivity index (χ3v) is 12.1. The van der Waals surface area contributed by atoms with Gasteiger partial charge in [0.15, 0.2) is 0 Å². The average Bonchev–Trinajstić information content (AvgIpc) is 3.18. The number of phenols is 2. The van der Waals surface area contributed by atoms with Gasteiger partial charge in [0.25, 0.3) is 0 Å². The van der Waals surface area contributed by atoms with Gasteiger partial charge in [-0.25, -0.2) is 0 Å². The Balaban J connectivity index is 1.26. The van der Waals surface area contributed by atoms with Crippen molar-refractivity contribution in [2.45, 2.75) is 139 Å². The molecule has 0 aliphatic heterocycles. The van der Waals surface area contributed by atoms with Crippen molar-refractivity contribution in [3.8, 4) is 67.5 Å². The highest BCUT2D eigenvalue weighted by Gasteiger charge is 2.25. The molecule has 0 saturated carbocycles. The van der Waals surface area contributed by atoms with E-state index in [-0.39, 0.29) is 33.2 Å². The SMILES string of the molecule is Cc1ccc(OCCCOc2ccc(C)cc2-c2cc(C)cc(-c3cc(C(C)(C)C)cc(C(C)(C)C)c3)c2O)c(-c2cc(C)cc(-c3cc(C(C)(C)C)cc(C(C)(C)C)c3)c2O)c1. The van der Waals surface area contributed by atoms with E-state index >= 15 is 0 Å². The molecule has 0 radical (unpaired) electrons. The Hall–Kier alpha value is -5.48. The molecule has 0 saturated heterocycles. The summed E-state index contributed by atoms with van der Waals surface area (Å²) in [5.41, 5.74) is 15.9. The fourth-order valence-electron chi connectivity index (χ4n) is 8.09. The number of hydrogen-bond donors (Lipinski definition) is 2. The summed E-state index contributed by atoms with van der Waals surface area (Å²) >= 11 is 0. The maximum Gasteiger partial charge on any atom is 0.131 e. The van der Waals surface area contributed by atoms with Gasteiger partial charge in [0, 0.05) is 39.8 Å². The molecule has 0 unspecified atom stereocenters. The molecule has 0 fully saturated rings. The third kappa shape index (κ3) is 10.8. The molecule has 0 aromatic heterocycles. The highest BCUT2D eigenvalue weighted by atomic mass is 16.5. The summed E-state index contributed by atoms with van der Waals surface area (Å²) in [6.07, 6.45) is 0.626. The van der Waals surface area contributed by atoms with Gasteiger partial charge in [-0.15, -0.1) is 0 Å². The van der Waals surface area contributed by atoms with Crippen LogP contribution >= 0.6 is 0 Å². The summed E-state index contributed by atoms with van der Waals surface area (Å²) in [6, 6.07) is 34.1. The highest BCUT2D eigenvalue weighted by Crippen LogP contribution is 2.47. The molecule has 4 nitrogen and oxygen atoms in total. The number of aryl methyl sites for hydroxylation is 4. The number of aromatic hydroxyl groups is 2. The molecule has 0 atom stereocenters. The van der Waals surface area contributed by atoms with Gasteiger partial charge in [-0.1, -0.05) is 143 Å². The third-order valence-electron chi connectivity index (χ3n) is 12.1. The minimum absolute atomic E-state index is 0.0532. The minimum Gasteiger partial charge on any atom is -0.507 e. The normalized spacial score (nSPS) is 12.4. The number of benzene rings is 6. The van der Waals surface area contributed by atoms with Crippen LogP contribution in [0.25, 0.3) is 44.5 Å². The van der Waals surface area contributed by atoms with Gasteiger partial charge in [0.1, 0.15) is 23.0 Å². The van der Waals surface area contributed by atoms with Crippen molar-refractivity contribution in [3.63, 3.8) is 0 Å². The van der Waals surface area contributed by atoms with Gasteiger partial charge in [-0.05, 0) is 142 Å². The topological polar surface area (TPSA) is 58.9 Å². The van der Waals surface area contributed by atoms with Crippen LogP contribution in [0.2, 0.25) is 0 Å². The summed E-state index contributed by atoms with van der Waals surface area (Å²) < 4.78 is 13.0. The van der Waals surface area contributed by atoms with Crippen LogP contribution in [0.15, 0.2) is 97.1 Å². The zero-order valence-electron chi connectivity index (χ0n) is 41.1. The molecule has 0 aliphatic carbocycles. The van der Waals surface area contributed by atoms with Gasteiger partial charge >= 0.3 is 0 Å². The van der Waals surface area contributed by atoms with Crippen LogP contribution in [0.4, 0.5) is 0 Å². The van der Waals surface area contributed by atoms with E-state index in [9.17, 15) is 10.2 Å². The van der Waals surface area contributed by atoms with Crippen LogP contribution in [-0.2, 0) is 21.7 Å². The molecule has 63 heavy (non-hydrogen) atoms. The predicted molar refractivity (Wildman–Crippen MR) is 267 cm³/mol. The Morgan fingerprint density at radius 2 is 0.635 bits per heavy atom. The van der Waals surface area contributed by atoms with Crippen LogP contribution in [0.3, 0.4) is 0 Å². The first kappa shape index (κ1) is 47.0. The summed E-state index contributed by atoms with van der Waals surface area (Å²) in [5.74, 6) is 1.92. The van der Waals surface area contributed by atoms with Gasteiger partial charge in [-0.2, -0.15) is 0 Å². The van der Waals surface area contributed by atoms with E-state index in [1.54, 1.807) is 0 Å². The monoisotopic (exact) mass is 845 g/mol. The Kier molecular flexibility index (Phi) is 13.1. The van der Waals surface area contributed by atoms with Crippen molar-refractivity contribution >= 4 is 0 Å². The first-order chi connectivity index (χ1) is 29.2. The molecule has 0 bridgehead atoms. The average molecular weight is 845 g/mol. The van der Waals surface area contributed by atoms with Crippen molar-refractivity contribution in [3.05, 3.63) is 142 Å². The van der Waals surface area contributed by atoms with E-state index in [0.29, 0.717) is 31.1 Å². The lowest BCUT2D eigenvalue weighted by Crippen LogP contribution is -2.16. The molecule has 6 aromatic rings. The lowest BCUT2D eigenvalue weighted by atomic mass is 9.78. The zero-order chi connectivity index (χ0) is 46.4. The van der Waals surface area contributed by atoms with Crippen LogP contribution in [0, 0.1) is 27.7 Å². The smallest absolute Gasteiger partial charge is 0.131 e. The first-order valence-corrected chi connectivity index (χ1v) is 22.7. The first-order valence-electron chi connectivity index (χ1n) is 22.7.